The van der Waals surface area contributed by atoms with E-state index in [2.05, 4.69) is 11.8 Å². The number of carboxylic acids is 1. The van der Waals surface area contributed by atoms with Gasteiger partial charge in [0, 0.05) is 32.6 Å². The Labute approximate surface area is 191 Å². The molecule has 5 heteroatoms. The van der Waals surface area contributed by atoms with Gasteiger partial charge in [-0.25, -0.2) is 0 Å². The normalized spacial score (nSPS) is 14.8. The minimum atomic E-state index is -0.893. The van der Waals surface area contributed by atoms with Crippen molar-refractivity contribution in [2.45, 2.75) is 122 Å². The van der Waals surface area contributed by atoms with Crippen LogP contribution >= 0.6 is 0 Å². The second-order valence-corrected chi connectivity index (χ2v) is 9.42. The summed E-state index contributed by atoms with van der Waals surface area (Å²) in [5, 5.41) is 8.69. The highest BCUT2D eigenvalue weighted by Gasteiger charge is 2.20. The average Bonchev–Trinajstić information content (AvgIpc) is 2.77. The number of unbranched alkanes of at least 4 members (excludes halogenated alkanes) is 15. The number of hydrogen-bond donors (Lipinski definition) is 1. The number of carbonyl (C=O) groups excluding carboxylic acids is 1. The Kier molecular flexibility index (Phi) is 17.6. The summed E-state index contributed by atoms with van der Waals surface area (Å²) in [6.07, 6.45) is 22.4. The Morgan fingerprint density at radius 3 is 1.45 bits per heavy atom. The maximum Gasteiger partial charge on any atom is 0.303 e. The van der Waals surface area contributed by atoms with Crippen molar-refractivity contribution in [2.75, 3.05) is 32.7 Å². The molecule has 1 aliphatic heterocycles. The van der Waals surface area contributed by atoms with Gasteiger partial charge in [-0.15, -0.1) is 0 Å². The van der Waals surface area contributed by atoms with Crippen LogP contribution in [0.1, 0.15) is 122 Å². The number of carbonyl (C=O) groups is 2. The summed E-state index contributed by atoms with van der Waals surface area (Å²) in [6.45, 7) is 6.77. The van der Waals surface area contributed by atoms with Crippen LogP contribution in [0.2, 0.25) is 0 Å². The lowest BCUT2D eigenvalue weighted by molar-refractivity contribution is -0.141. The molecule has 1 fully saturated rings. The molecule has 182 valence electrons. The Morgan fingerprint density at radius 2 is 1.03 bits per heavy atom. The summed E-state index contributed by atoms with van der Waals surface area (Å²) in [5.41, 5.74) is 0. The van der Waals surface area contributed by atoms with Crippen molar-refractivity contribution in [1.29, 1.82) is 0 Å². The lowest BCUT2D eigenvalue weighted by atomic mass is 10.0. The topological polar surface area (TPSA) is 60.9 Å². The van der Waals surface area contributed by atoms with E-state index in [1.807, 2.05) is 4.90 Å². The van der Waals surface area contributed by atoms with Crippen molar-refractivity contribution in [2.24, 2.45) is 0 Å². The lowest BCUT2D eigenvalue weighted by Crippen LogP contribution is -2.48. The molecule has 1 N–H and O–H groups in total. The van der Waals surface area contributed by atoms with Crippen molar-refractivity contribution >= 4 is 11.9 Å². The Balaban J connectivity index is 1.81. The molecular weight excluding hydrogens is 388 g/mol. The first kappa shape index (κ1) is 27.9. The number of rotatable bonds is 20. The van der Waals surface area contributed by atoms with E-state index in [0.29, 0.717) is 0 Å². The van der Waals surface area contributed by atoms with E-state index in [1.165, 1.54) is 103 Å². The first-order chi connectivity index (χ1) is 15.1. The fourth-order valence-electron chi connectivity index (χ4n) is 4.48. The largest absolute Gasteiger partial charge is 0.481 e. The van der Waals surface area contributed by atoms with Gasteiger partial charge in [-0.05, 0) is 13.0 Å². The third-order valence-electron chi connectivity index (χ3n) is 6.61. The quantitative estimate of drug-likeness (QED) is 0.228. The van der Waals surface area contributed by atoms with Gasteiger partial charge in [0.2, 0.25) is 5.91 Å². The molecule has 31 heavy (non-hydrogen) atoms. The summed E-state index contributed by atoms with van der Waals surface area (Å²) >= 11 is 0. The molecule has 0 aromatic heterocycles. The van der Waals surface area contributed by atoms with Gasteiger partial charge in [0.1, 0.15) is 0 Å². The zero-order chi connectivity index (χ0) is 22.6. The zero-order valence-corrected chi connectivity index (χ0v) is 20.4. The van der Waals surface area contributed by atoms with Gasteiger partial charge in [-0.1, -0.05) is 103 Å². The molecule has 0 aromatic rings. The molecule has 0 aliphatic carbocycles. The molecule has 0 bridgehead atoms. The minimum absolute atomic E-state index is 0.00976. The van der Waals surface area contributed by atoms with Gasteiger partial charge in [0.15, 0.2) is 0 Å². The van der Waals surface area contributed by atoms with Crippen LogP contribution in [0.3, 0.4) is 0 Å². The zero-order valence-electron chi connectivity index (χ0n) is 20.4. The monoisotopic (exact) mass is 438 g/mol. The third-order valence-corrected chi connectivity index (χ3v) is 6.61. The van der Waals surface area contributed by atoms with E-state index in [4.69, 9.17) is 5.11 Å². The van der Waals surface area contributed by atoms with Crippen molar-refractivity contribution in [3.8, 4) is 0 Å². The molecule has 5 nitrogen and oxygen atoms in total. The van der Waals surface area contributed by atoms with Gasteiger partial charge < -0.3 is 10.0 Å². The van der Waals surface area contributed by atoms with E-state index < -0.39 is 5.97 Å². The summed E-state index contributed by atoms with van der Waals surface area (Å²) in [5.74, 6) is -0.903. The highest BCUT2D eigenvalue weighted by atomic mass is 16.4. The standard InChI is InChI=1S/C26H50N2O3/c1-2-3-4-5-6-7-8-9-10-11-12-13-14-15-16-17-20-27-21-23-28(24-22-27)25(29)18-19-26(30)31/h2-24H2,1H3,(H,30,31). The predicted molar refractivity (Wildman–Crippen MR) is 129 cm³/mol. The molecule has 1 rings (SSSR count). The van der Waals surface area contributed by atoms with Gasteiger partial charge in [-0.3, -0.25) is 14.5 Å². The fraction of sp³-hybridized carbons (Fsp3) is 0.923. The number of amides is 1. The van der Waals surface area contributed by atoms with Gasteiger partial charge in [0.05, 0.1) is 6.42 Å². The molecule has 1 aliphatic rings. The van der Waals surface area contributed by atoms with Gasteiger partial charge in [0.25, 0.3) is 0 Å². The molecule has 0 atom stereocenters. The van der Waals surface area contributed by atoms with Crippen molar-refractivity contribution in [1.82, 2.24) is 9.80 Å². The molecule has 1 amide bonds. The van der Waals surface area contributed by atoms with Crippen molar-refractivity contribution in [3.63, 3.8) is 0 Å². The summed E-state index contributed by atoms with van der Waals surface area (Å²) in [6, 6.07) is 0. The van der Waals surface area contributed by atoms with Crippen LogP contribution in [0.4, 0.5) is 0 Å². The maximum atomic E-state index is 12.0. The molecule has 1 heterocycles. The van der Waals surface area contributed by atoms with E-state index in [1.54, 1.807) is 0 Å². The smallest absolute Gasteiger partial charge is 0.303 e. The number of hydrogen-bond acceptors (Lipinski definition) is 3. The van der Waals surface area contributed by atoms with Crippen LogP contribution in [0, 0.1) is 0 Å². The van der Waals surface area contributed by atoms with E-state index >= 15 is 0 Å². The average molecular weight is 439 g/mol. The SMILES string of the molecule is CCCCCCCCCCCCCCCCCCN1CCN(C(=O)CCC(=O)O)CC1. The number of aliphatic carboxylic acids is 1. The van der Waals surface area contributed by atoms with Crippen LogP contribution in [0.25, 0.3) is 0 Å². The van der Waals surface area contributed by atoms with Crippen LogP contribution in [0.5, 0.6) is 0 Å². The summed E-state index contributed by atoms with van der Waals surface area (Å²) in [4.78, 5) is 26.8. The number of piperazine rings is 1. The van der Waals surface area contributed by atoms with Crippen LogP contribution in [-0.2, 0) is 9.59 Å². The van der Waals surface area contributed by atoms with Gasteiger partial charge in [-0.2, -0.15) is 0 Å². The molecule has 0 saturated carbocycles. The molecule has 1 saturated heterocycles. The molecule has 0 aromatic carbocycles. The van der Waals surface area contributed by atoms with E-state index in [9.17, 15) is 9.59 Å². The predicted octanol–water partition coefficient (Wildman–Crippen LogP) is 6.26. The maximum absolute atomic E-state index is 12.0. The number of carboxylic acid groups (broad SMARTS) is 1. The van der Waals surface area contributed by atoms with Crippen LogP contribution in [-0.4, -0.2) is 59.5 Å². The van der Waals surface area contributed by atoms with E-state index in [0.717, 1.165) is 32.7 Å². The Morgan fingerprint density at radius 1 is 0.613 bits per heavy atom. The highest BCUT2D eigenvalue weighted by Crippen LogP contribution is 2.14. The summed E-state index contributed by atoms with van der Waals surface area (Å²) < 4.78 is 0. The van der Waals surface area contributed by atoms with Crippen molar-refractivity contribution < 1.29 is 14.7 Å². The second kappa shape index (κ2) is 19.6. The minimum Gasteiger partial charge on any atom is -0.481 e. The highest BCUT2D eigenvalue weighted by molar-refractivity contribution is 5.80. The van der Waals surface area contributed by atoms with Gasteiger partial charge >= 0.3 is 5.97 Å². The van der Waals surface area contributed by atoms with Crippen LogP contribution in [0.15, 0.2) is 0 Å². The van der Waals surface area contributed by atoms with E-state index in [-0.39, 0.29) is 18.7 Å². The summed E-state index contributed by atoms with van der Waals surface area (Å²) in [7, 11) is 0. The fourth-order valence-corrected chi connectivity index (χ4v) is 4.48. The lowest BCUT2D eigenvalue weighted by Gasteiger charge is -2.34. The first-order valence-electron chi connectivity index (χ1n) is 13.4. The molecule has 0 unspecified atom stereocenters. The number of nitrogens with zero attached hydrogens (tertiary/aromatic N) is 2. The second-order valence-electron chi connectivity index (χ2n) is 9.42. The molecule has 0 radical (unpaired) electrons. The Bertz CT molecular complexity index is 448. The first-order valence-corrected chi connectivity index (χ1v) is 13.4. The Hall–Kier alpha value is -1.10. The molecular formula is C26H50N2O3. The van der Waals surface area contributed by atoms with Crippen molar-refractivity contribution in [3.05, 3.63) is 0 Å². The third kappa shape index (κ3) is 16.2. The van der Waals surface area contributed by atoms with Crippen LogP contribution < -0.4 is 0 Å². The molecule has 0 spiro atoms.